The Morgan fingerprint density at radius 1 is 1.31 bits per heavy atom. The van der Waals surface area contributed by atoms with Crippen LogP contribution in [0.5, 0.6) is 5.75 Å². The van der Waals surface area contributed by atoms with Gasteiger partial charge >= 0.3 is 0 Å². The lowest BCUT2D eigenvalue weighted by Crippen LogP contribution is -2.33. The number of benzene rings is 1. The number of nitrogens with one attached hydrogen (secondary N) is 1. The van der Waals surface area contributed by atoms with Gasteiger partial charge in [-0.2, -0.15) is 9.97 Å². The molecule has 1 unspecified atom stereocenters. The largest absolute Gasteiger partial charge is 0.497 e. The van der Waals surface area contributed by atoms with E-state index in [2.05, 4.69) is 26.3 Å². The molecule has 2 aliphatic heterocycles. The third kappa shape index (κ3) is 3.63. The summed E-state index contributed by atoms with van der Waals surface area (Å²) in [4.78, 5) is 14.4. The summed E-state index contributed by atoms with van der Waals surface area (Å²) in [7, 11) is 1.65. The van der Waals surface area contributed by atoms with E-state index < -0.39 is 31.1 Å². The number of imidazole rings is 1. The van der Waals surface area contributed by atoms with Crippen LogP contribution in [0.15, 0.2) is 29.4 Å². The monoisotopic (exact) mass is 460 g/mol. The summed E-state index contributed by atoms with van der Waals surface area (Å²) in [6, 6.07) is 6.12. The number of nitrogens with two attached hydrogens (primary N) is 1. The SMILES string of the molecule is COc1ccc2c(c1)CC(Nc1nc(N)c3ncn([C@@H]4O[C@H](CO)[C@@H](O)[C@H]4O)c3n1)CS2. The maximum Gasteiger partial charge on any atom is 0.227 e. The lowest BCUT2D eigenvalue weighted by atomic mass is 10.1. The van der Waals surface area contributed by atoms with Crippen LogP contribution in [-0.4, -0.2) is 78.7 Å². The van der Waals surface area contributed by atoms with Crippen LogP contribution in [0.4, 0.5) is 11.8 Å². The standard InChI is InChI=1S/C20H24N6O5S/c1-30-11-2-3-13-9(5-11)4-10(7-32-13)23-20-24-17(21)14-18(25-20)26(8-22-14)19-16(29)15(28)12(6-27)31-19/h2-3,5,8,10,12,15-16,19,27-29H,4,6-7H2,1H3,(H3,21,23,24,25)/t10?,12-,15-,16-,19-/m1/s1. The van der Waals surface area contributed by atoms with Gasteiger partial charge in [-0.3, -0.25) is 4.57 Å². The number of aromatic nitrogens is 4. The van der Waals surface area contributed by atoms with Crippen molar-refractivity contribution in [1.82, 2.24) is 19.5 Å². The Morgan fingerprint density at radius 2 is 2.16 bits per heavy atom. The number of nitrogen functional groups attached to an aromatic ring is 1. The van der Waals surface area contributed by atoms with Crippen molar-refractivity contribution in [2.24, 2.45) is 0 Å². The molecule has 5 rings (SSSR count). The first-order valence-electron chi connectivity index (χ1n) is 10.2. The molecular weight excluding hydrogens is 436 g/mol. The summed E-state index contributed by atoms with van der Waals surface area (Å²) in [6.07, 6.45) is -2.14. The quantitative estimate of drug-likeness (QED) is 0.353. The van der Waals surface area contributed by atoms with Crippen LogP contribution in [-0.2, 0) is 11.2 Å². The number of aliphatic hydroxyl groups is 3. The number of nitrogens with zero attached hydrogens (tertiary/aromatic N) is 4. The highest BCUT2D eigenvalue weighted by Crippen LogP contribution is 2.35. The van der Waals surface area contributed by atoms with Gasteiger partial charge in [-0.25, -0.2) is 4.98 Å². The number of hydrogen-bond acceptors (Lipinski definition) is 11. The summed E-state index contributed by atoms with van der Waals surface area (Å²) >= 11 is 1.74. The highest BCUT2D eigenvalue weighted by atomic mass is 32.2. The molecule has 0 bridgehead atoms. The molecule has 4 heterocycles. The number of hydrogen-bond donors (Lipinski definition) is 5. The molecule has 3 aromatic rings. The van der Waals surface area contributed by atoms with E-state index in [4.69, 9.17) is 15.2 Å². The zero-order valence-corrected chi connectivity index (χ0v) is 18.1. The van der Waals surface area contributed by atoms with Gasteiger partial charge < -0.3 is 35.8 Å². The van der Waals surface area contributed by atoms with Gasteiger partial charge in [0.15, 0.2) is 17.7 Å². The van der Waals surface area contributed by atoms with E-state index in [0.29, 0.717) is 17.1 Å². The average molecular weight is 461 g/mol. The summed E-state index contributed by atoms with van der Waals surface area (Å²) in [5.74, 6) is 2.16. The number of rotatable bonds is 5. The topological polar surface area (TPSA) is 161 Å². The normalized spacial score (nSPS) is 27.4. The maximum atomic E-state index is 10.4. The van der Waals surface area contributed by atoms with Crippen LogP contribution in [0.25, 0.3) is 11.2 Å². The third-order valence-corrected chi connectivity index (χ3v) is 7.03. The molecule has 2 aliphatic rings. The highest BCUT2D eigenvalue weighted by Gasteiger charge is 2.44. The fourth-order valence-corrected chi connectivity index (χ4v) is 5.15. The Bertz CT molecular complexity index is 1140. The summed E-state index contributed by atoms with van der Waals surface area (Å²) < 4.78 is 12.4. The number of methoxy groups -OCH3 is 1. The van der Waals surface area contributed by atoms with Gasteiger partial charge in [0.05, 0.1) is 20.0 Å². The molecule has 0 amide bonds. The van der Waals surface area contributed by atoms with Gasteiger partial charge in [0.25, 0.3) is 0 Å². The van der Waals surface area contributed by atoms with Gasteiger partial charge in [0.1, 0.15) is 29.6 Å². The number of fused-ring (bicyclic) bond motifs is 2. The van der Waals surface area contributed by atoms with Crippen LogP contribution in [0.1, 0.15) is 11.8 Å². The minimum atomic E-state index is -1.25. The van der Waals surface area contributed by atoms with Gasteiger partial charge in [-0.15, -0.1) is 11.8 Å². The fraction of sp³-hybridized carbons (Fsp3) is 0.450. The molecule has 0 aliphatic carbocycles. The molecule has 5 atom stereocenters. The van der Waals surface area contributed by atoms with Crippen molar-refractivity contribution in [3.63, 3.8) is 0 Å². The summed E-state index contributed by atoms with van der Waals surface area (Å²) in [5.41, 5.74) is 8.03. The molecule has 170 valence electrons. The van der Waals surface area contributed by atoms with Crippen molar-refractivity contribution >= 4 is 34.7 Å². The second-order valence-corrected chi connectivity index (χ2v) is 8.88. The van der Waals surface area contributed by atoms with E-state index in [1.54, 1.807) is 18.9 Å². The van der Waals surface area contributed by atoms with Gasteiger partial charge in [-0.1, -0.05) is 0 Å². The molecule has 1 aromatic carbocycles. The Balaban J connectivity index is 1.41. The van der Waals surface area contributed by atoms with E-state index >= 15 is 0 Å². The molecule has 1 saturated heterocycles. The van der Waals surface area contributed by atoms with E-state index in [-0.39, 0.29) is 11.9 Å². The number of thioether (sulfide) groups is 1. The smallest absolute Gasteiger partial charge is 0.227 e. The molecule has 0 spiro atoms. The molecule has 11 nitrogen and oxygen atoms in total. The average Bonchev–Trinajstić information content (AvgIpc) is 3.34. The first kappa shape index (κ1) is 21.2. The zero-order chi connectivity index (χ0) is 22.4. The zero-order valence-electron chi connectivity index (χ0n) is 17.3. The van der Waals surface area contributed by atoms with Crippen LogP contribution in [0, 0.1) is 0 Å². The highest BCUT2D eigenvalue weighted by molar-refractivity contribution is 7.99. The van der Waals surface area contributed by atoms with Gasteiger partial charge in [0.2, 0.25) is 5.95 Å². The first-order chi connectivity index (χ1) is 15.5. The molecule has 6 N–H and O–H groups in total. The number of anilines is 2. The molecular formula is C20H24N6O5S. The van der Waals surface area contributed by atoms with Gasteiger partial charge in [0, 0.05) is 16.7 Å². The molecule has 0 radical (unpaired) electrons. The lowest BCUT2D eigenvalue weighted by Gasteiger charge is -2.25. The number of ether oxygens (including phenoxy) is 2. The van der Waals surface area contributed by atoms with Crippen LogP contribution < -0.4 is 15.8 Å². The first-order valence-corrected chi connectivity index (χ1v) is 11.2. The van der Waals surface area contributed by atoms with Crippen molar-refractivity contribution in [2.75, 3.05) is 30.5 Å². The Labute approximate surface area is 187 Å². The van der Waals surface area contributed by atoms with Crippen LogP contribution >= 0.6 is 11.8 Å². The van der Waals surface area contributed by atoms with Crippen molar-refractivity contribution in [3.8, 4) is 5.75 Å². The van der Waals surface area contributed by atoms with Crippen molar-refractivity contribution in [1.29, 1.82) is 0 Å². The molecule has 32 heavy (non-hydrogen) atoms. The Morgan fingerprint density at radius 3 is 2.91 bits per heavy atom. The number of aliphatic hydroxyl groups excluding tert-OH is 3. The third-order valence-electron chi connectivity index (χ3n) is 5.75. The van der Waals surface area contributed by atoms with E-state index in [9.17, 15) is 15.3 Å². The van der Waals surface area contributed by atoms with Crippen molar-refractivity contribution in [2.45, 2.75) is 41.9 Å². The second-order valence-electron chi connectivity index (χ2n) is 7.82. The Hall–Kier alpha value is -2.64. The molecule has 0 saturated carbocycles. The van der Waals surface area contributed by atoms with E-state index in [1.807, 2.05) is 12.1 Å². The predicted octanol–water partition coefficient (Wildman–Crippen LogP) is 0.158. The Kier molecular flexibility index (Phi) is 5.55. The molecule has 12 heteroatoms. The molecule has 2 aromatic heterocycles. The van der Waals surface area contributed by atoms with E-state index in [0.717, 1.165) is 17.9 Å². The lowest BCUT2D eigenvalue weighted by molar-refractivity contribution is -0.0511. The minimum absolute atomic E-state index is 0.0711. The van der Waals surface area contributed by atoms with Gasteiger partial charge in [-0.05, 0) is 30.2 Å². The maximum absolute atomic E-state index is 10.4. The fourth-order valence-electron chi connectivity index (χ4n) is 4.07. The van der Waals surface area contributed by atoms with Crippen molar-refractivity contribution < 1.29 is 24.8 Å². The summed E-state index contributed by atoms with van der Waals surface area (Å²) in [6.45, 7) is -0.420. The second kappa shape index (κ2) is 8.37. The predicted molar refractivity (Wildman–Crippen MR) is 118 cm³/mol. The van der Waals surface area contributed by atoms with Crippen LogP contribution in [0.3, 0.4) is 0 Å². The van der Waals surface area contributed by atoms with Crippen molar-refractivity contribution in [3.05, 3.63) is 30.1 Å². The molecule has 1 fully saturated rings. The summed E-state index contributed by atoms with van der Waals surface area (Å²) in [5, 5.41) is 33.2. The van der Waals surface area contributed by atoms with E-state index in [1.165, 1.54) is 21.4 Å². The van der Waals surface area contributed by atoms with Crippen LogP contribution in [0.2, 0.25) is 0 Å². The minimum Gasteiger partial charge on any atom is -0.497 e.